The molecule has 4 rings (SSSR count). The van der Waals surface area contributed by atoms with Gasteiger partial charge in [-0.15, -0.1) is 0 Å². The normalized spacial score (nSPS) is 23.4. The zero-order valence-corrected chi connectivity index (χ0v) is 14.4. The number of nitrogens with one attached hydrogen (secondary N) is 2. The lowest BCUT2D eigenvalue weighted by atomic mass is 9.78. The van der Waals surface area contributed by atoms with E-state index in [0.717, 1.165) is 37.8 Å². The summed E-state index contributed by atoms with van der Waals surface area (Å²) in [4.78, 5) is 15.9. The second-order valence-corrected chi connectivity index (χ2v) is 7.35. The number of benzene rings is 1. The second-order valence-electron chi connectivity index (χ2n) is 6.98. The zero-order chi connectivity index (χ0) is 16.6. The Bertz CT molecular complexity index is 798. The molecular formula is C18H22N2O3S. The highest BCUT2D eigenvalue weighted by Gasteiger charge is 2.38. The summed E-state index contributed by atoms with van der Waals surface area (Å²) < 4.78 is 11.5. The molecule has 24 heavy (non-hydrogen) atoms. The van der Waals surface area contributed by atoms with Crippen molar-refractivity contribution in [2.24, 2.45) is 0 Å². The summed E-state index contributed by atoms with van der Waals surface area (Å²) >= 11 is 4.98. The van der Waals surface area contributed by atoms with Crippen molar-refractivity contribution in [3.63, 3.8) is 0 Å². The van der Waals surface area contributed by atoms with E-state index in [2.05, 4.69) is 10.3 Å². The summed E-state index contributed by atoms with van der Waals surface area (Å²) in [6.45, 7) is 0.733. The predicted octanol–water partition coefficient (Wildman–Crippen LogP) is 4.10. The molecule has 1 amide bonds. The lowest BCUT2D eigenvalue weighted by Crippen LogP contribution is -2.49. The number of amides is 1. The van der Waals surface area contributed by atoms with Crippen LogP contribution in [0.1, 0.15) is 55.3 Å². The molecule has 1 aliphatic heterocycles. The van der Waals surface area contributed by atoms with E-state index in [1.807, 2.05) is 6.07 Å². The molecular weight excluding hydrogens is 324 g/mol. The van der Waals surface area contributed by atoms with Crippen LogP contribution in [0.5, 0.6) is 0 Å². The van der Waals surface area contributed by atoms with E-state index in [0.29, 0.717) is 16.0 Å². The monoisotopic (exact) mass is 346 g/mol. The number of aromatic amines is 1. The Morgan fingerprint density at radius 1 is 1.29 bits per heavy atom. The Hall–Kier alpha value is -1.66. The van der Waals surface area contributed by atoms with Gasteiger partial charge in [0.1, 0.15) is 0 Å². The van der Waals surface area contributed by atoms with Crippen molar-refractivity contribution in [3.05, 3.63) is 28.6 Å². The van der Waals surface area contributed by atoms with Crippen molar-refractivity contribution in [1.82, 2.24) is 10.3 Å². The van der Waals surface area contributed by atoms with Gasteiger partial charge in [0.15, 0.2) is 5.58 Å². The Kier molecular flexibility index (Phi) is 4.18. The fourth-order valence-electron chi connectivity index (χ4n) is 4.05. The van der Waals surface area contributed by atoms with E-state index in [-0.39, 0.29) is 17.6 Å². The molecule has 0 radical (unpaired) electrons. The Morgan fingerprint density at radius 2 is 2.12 bits per heavy atom. The van der Waals surface area contributed by atoms with Gasteiger partial charge in [-0.1, -0.05) is 19.3 Å². The van der Waals surface area contributed by atoms with Crippen LogP contribution in [0, 0.1) is 4.84 Å². The second kappa shape index (κ2) is 6.33. The number of carbonyl (C=O) groups excluding carboxylic acids is 1. The van der Waals surface area contributed by atoms with E-state index >= 15 is 0 Å². The molecule has 1 aromatic carbocycles. The number of rotatable bonds is 2. The SMILES string of the molecule is O=C(NC1CCOC2(CCCCC2)C1)c1ccc2[nH]c(=S)oc2c1. The molecule has 2 fully saturated rings. The fourth-order valence-corrected chi connectivity index (χ4v) is 4.25. The van der Waals surface area contributed by atoms with E-state index in [4.69, 9.17) is 21.4 Å². The summed E-state index contributed by atoms with van der Waals surface area (Å²) in [7, 11) is 0. The molecule has 1 unspecified atom stereocenters. The molecule has 1 aliphatic carbocycles. The van der Waals surface area contributed by atoms with Crippen LogP contribution >= 0.6 is 12.2 Å². The highest BCUT2D eigenvalue weighted by Crippen LogP contribution is 2.38. The number of fused-ring (bicyclic) bond motifs is 1. The van der Waals surface area contributed by atoms with Crippen LogP contribution in [0.4, 0.5) is 0 Å². The molecule has 2 aromatic rings. The molecule has 128 valence electrons. The molecule has 2 N–H and O–H groups in total. The van der Waals surface area contributed by atoms with Gasteiger partial charge in [0.25, 0.3) is 10.7 Å². The maximum atomic E-state index is 12.6. The van der Waals surface area contributed by atoms with Crippen molar-refractivity contribution in [2.45, 2.75) is 56.6 Å². The maximum absolute atomic E-state index is 12.6. The van der Waals surface area contributed by atoms with Crippen LogP contribution in [0.2, 0.25) is 0 Å². The van der Waals surface area contributed by atoms with Gasteiger partial charge in [-0.25, -0.2) is 0 Å². The average Bonchev–Trinajstić information content (AvgIpc) is 2.94. The highest BCUT2D eigenvalue weighted by atomic mass is 32.1. The number of hydrogen-bond acceptors (Lipinski definition) is 4. The summed E-state index contributed by atoms with van der Waals surface area (Å²) in [5, 5.41) is 3.18. The van der Waals surface area contributed by atoms with Gasteiger partial charge in [-0.2, -0.15) is 0 Å². The number of aromatic nitrogens is 1. The molecule has 2 aliphatic rings. The van der Waals surface area contributed by atoms with Gasteiger partial charge in [0.05, 0.1) is 11.1 Å². The van der Waals surface area contributed by atoms with Crippen molar-refractivity contribution in [1.29, 1.82) is 0 Å². The van der Waals surface area contributed by atoms with Gasteiger partial charge in [-0.05, 0) is 56.1 Å². The van der Waals surface area contributed by atoms with E-state index in [9.17, 15) is 4.79 Å². The number of carbonyl (C=O) groups is 1. The van der Waals surface area contributed by atoms with Gasteiger partial charge >= 0.3 is 0 Å². The molecule has 1 saturated carbocycles. The largest absolute Gasteiger partial charge is 0.429 e. The zero-order valence-electron chi connectivity index (χ0n) is 13.6. The molecule has 6 heteroatoms. The Morgan fingerprint density at radius 3 is 2.96 bits per heavy atom. The first-order valence-corrected chi connectivity index (χ1v) is 9.12. The van der Waals surface area contributed by atoms with Crippen molar-refractivity contribution < 1.29 is 13.9 Å². The first kappa shape index (κ1) is 15.8. The molecule has 1 saturated heterocycles. The first-order chi connectivity index (χ1) is 11.6. The third-order valence-electron chi connectivity index (χ3n) is 5.28. The minimum absolute atomic E-state index is 0.00833. The van der Waals surface area contributed by atoms with E-state index in [1.54, 1.807) is 12.1 Å². The van der Waals surface area contributed by atoms with E-state index < -0.39 is 0 Å². The Balaban J connectivity index is 1.47. The lowest BCUT2D eigenvalue weighted by molar-refractivity contribution is -0.107. The minimum atomic E-state index is -0.0583. The Labute approximate surface area is 145 Å². The smallest absolute Gasteiger partial charge is 0.266 e. The van der Waals surface area contributed by atoms with E-state index in [1.165, 1.54) is 19.3 Å². The summed E-state index contributed by atoms with van der Waals surface area (Å²) in [6, 6.07) is 5.55. The minimum Gasteiger partial charge on any atom is -0.429 e. The lowest BCUT2D eigenvalue weighted by Gasteiger charge is -2.43. The van der Waals surface area contributed by atoms with Crippen LogP contribution in [-0.4, -0.2) is 29.1 Å². The van der Waals surface area contributed by atoms with Gasteiger partial charge in [-0.3, -0.25) is 4.79 Å². The van der Waals surface area contributed by atoms with Crippen LogP contribution in [-0.2, 0) is 4.74 Å². The average molecular weight is 346 g/mol. The van der Waals surface area contributed by atoms with Crippen LogP contribution < -0.4 is 5.32 Å². The molecule has 2 heterocycles. The number of hydrogen-bond donors (Lipinski definition) is 2. The number of H-pyrrole nitrogens is 1. The predicted molar refractivity (Wildman–Crippen MR) is 93.7 cm³/mol. The molecule has 5 nitrogen and oxygen atoms in total. The van der Waals surface area contributed by atoms with Gasteiger partial charge < -0.3 is 19.5 Å². The highest BCUT2D eigenvalue weighted by molar-refractivity contribution is 7.71. The molecule has 1 spiro atoms. The fraction of sp³-hybridized carbons (Fsp3) is 0.556. The molecule has 1 atom stereocenters. The standard InChI is InChI=1S/C18H22N2O3S/c21-16(12-4-5-14-15(10-12)23-17(24)20-14)19-13-6-9-22-18(11-13)7-2-1-3-8-18/h4-5,10,13H,1-3,6-9,11H2,(H,19,21)(H,20,24). The quantitative estimate of drug-likeness (QED) is 0.803. The number of ether oxygens (including phenoxy) is 1. The van der Waals surface area contributed by atoms with Crippen LogP contribution in [0.25, 0.3) is 11.1 Å². The number of oxazole rings is 1. The summed E-state index contributed by atoms with van der Waals surface area (Å²) in [6.07, 6.45) is 7.80. The van der Waals surface area contributed by atoms with Gasteiger partial charge in [0, 0.05) is 18.2 Å². The summed E-state index contributed by atoms with van der Waals surface area (Å²) in [5.74, 6) is -0.0583. The topological polar surface area (TPSA) is 67.3 Å². The van der Waals surface area contributed by atoms with Crippen LogP contribution in [0.3, 0.4) is 0 Å². The van der Waals surface area contributed by atoms with Crippen molar-refractivity contribution >= 4 is 29.2 Å². The summed E-state index contributed by atoms with van der Waals surface area (Å²) in [5.41, 5.74) is 2.02. The van der Waals surface area contributed by atoms with Crippen LogP contribution in [0.15, 0.2) is 22.6 Å². The first-order valence-electron chi connectivity index (χ1n) is 8.71. The maximum Gasteiger partial charge on any atom is 0.266 e. The third kappa shape index (κ3) is 3.13. The molecule has 1 aromatic heterocycles. The van der Waals surface area contributed by atoms with Crippen molar-refractivity contribution in [2.75, 3.05) is 6.61 Å². The van der Waals surface area contributed by atoms with Crippen molar-refractivity contribution in [3.8, 4) is 0 Å². The van der Waals surface area contributed by atoms with Gasteiger partial charge in [0.2, 0.25) is 0 Å². The third-order valence-corrected chi connectivity index (χ3v) is 5.46. The molecule has 0 bridgehead atoms.